The van der Waals surface area contributed by atoms with Gasteiger partial charge in [-0.1, -0.05) is 0 Å². The minimum absolute atomic E-state index is 0.0401. The molecule has 0 aliphatic heterocycles. The molecule has 1 aromatic heterocycles. The Morgan fingerprint density at radius 3 is 2.43 bits per heavy atom. The first-order valence-corrected chi connectivity index (χ1v) is 7.48. The Morgan fingerprint density at radius 1 is 1.07 bits per heavy atom. The number of benzene rings is 1. The van der Waals surface area contributed by atoms with Gasteiger partial charge in [-0.05, 0) is 0 Å². The van der Waals surface area contributed by atoms with E-state index in [0.29, 0.717) is 5.41 Å². The fourth-order valence-electron chi connectivity index (χ4n) is 2.06. The number of hydrogen-bond donors (Lipinski definition) is 0. The summed E-state index contributed by atoms with van der Waals surface area (Å²) in [5.74, 6) is 0. The third-order valence-electron chi connectivity index (χ3n) is 2.58. The fraction of sp³-hybridized carbons (Fsp3) is 0.385. The molecule has 0 amide bonds. The first kappa shape index (κ1) is 10.3. The zero-order chi connectivity index (χ0) is 10.3. The van der Waals surface area contributed by atoms with Crippen LogP contribution in [-0.2, 0) is 5.41 Å². The quantitative estimate of drug-likeness (QED) is 0.653. The van der Waals surface area contributed by atoms with E-state index >= 15 is 0 Å². The Hall–Kier alpha value is -0.250. The molecule has 0 saturated carbocycles. The summed E-state index contributed by atoms with van der Waals surface area (Å²) in [7, 11) is 0. The summed E-state index contributed by atoms with van der Waals surface area (Å²) in [6.07, 6.45) is 0. The second kappa shape index (κ2) is 3.40. The van der Waals surface area contributed by atoms with Gasteiger partial charge in [0.05, 0.1) is 0 Å². The molecule has 0 aliphatic carbocycles. The Morgan fingerprint density at radius 2 is 1.79 bits per heavy atom. The molecule has 0 atom stereocenters. The number of hydrogen-bond acceptors (Lipinski definition) is 0. The van der Waals surface area contributed by atoms with Crippen molar-refractivity contribution in [1.82, 2.24) is 0 Å². The molecule has 1 heterocycles. The Balaban J connectivity index is 2.83. The van der Waals surface area contributed by atoms with Crippen LogP contribution in [0.4, 0.5) is 0 Å². The van der Waals surface area contributed by atoms with Crippen molar-refractivity contribution >= 4 is 29.2 Å². The van der Waals surface area contributed by atoms with Gasteiger partial charge in [-0.15, -0.1) is 0 Å². The molecule has 0 N–H and O–H groups in total. The molecule has 0 bridgehead atoms. The van der Waals surface area contributed by atoms with Gasteiger partial charge >= 0.3 is 95.7 Å². The second-order valence-electron chi connectivity index (χ2n) is 4.85. The molecule has 0 unspecified atom stereocenters. The first-order chi connectivity index (χ1) is 6.50. The van der Waals surface area contributed by atoms with Crippen LogP contribution in [0.5, 0.6) is 0 Å². The van der Waals surface area contributed by atoms with E-state index in [4.69, 9.17) is 0 Å². The summed E-state index contributed by atoms with van der Waals surface area (Å²) in [4.78, 5) is 0. The maximum atomic E-state index is 2.39. The van der Waals surface area contributed by atoms with Gasteiger partial charge in [0.1, 0.15) is 0 Å². The maximum absolute atomic E-state index is 2.39. The normalized spacial score (nSPS) is 12.3. The zero-order valence-electron chi connectivity index (χ0n) is 9.22. The molecule has 1 heteroatoms. The SMILES string of the molecule is Cc1ccc2cc[te]c2c1C(C)(C)C. The fourth-order valence-corrected chi connectivity index (χ4v) is 5.51. The van der Waals surface area contributed by atoms with Crippen LogP contribution < -0.4 is 0 Å². The molecule has 2 aromatic rings. The zero-order valence-corrected chi connectivity index (χ0v) is 11.5. The van der Waals surface area contributed by atoms with Crippen molar-refractivity contribution in [2.45, 2.75) is 33.1 Å². The van der Waals surface area contributed by atoms with Crippen LogP contribution in [0.15, 0.2) is 22.3 Å². The van der Waals surface area contributed by atoms with Gasteiger partial charge in [-0.25, -0.2) is 0 Å². The van der Waals surface area contributed by atoms with Crippen molar-refractivity contribution in [2.24, 2.45) is 0 Å². The number of aryl methyl sites for hydroxylation is 1. The molecule has 74 valence electrons. The summed E-state index contributed by atoms with van der Waals surface area (Å²) >= 11 is -0.0401. The van der Waals surface area contributed by atoms with Gasteiger partial charge in [0.2, 0.25) is 0 Å². The molecule has 0 nitrogen and oxygen atoms in total. The third kappa shape index (κ3) is 1.64. The average molecular weight is 300 g/mol. The Kier molecular flexibility index (Phi) is 2.50. The predicted molar refractivity (Wildman–Crippen MR) is 64.3 cm³/mol. The standard InChI is InChI=1S/C13H16Te/c1-9-5-6-10-7-8-14-12(10)11(9)13(2,3)4/h5-8H,1-4H3. The van der Waals surface area contributed by atoms with Gasteiger partial charge in [0.25, 0.3) is 0 Å². The second-order valence-corrected chi connectivity index (χ2v) is 7.46. The van der Waals surface area contributed by atoms with E-state index < -0.39 is 0 Å². The van der Waals surface area contributed by atoms with Crippen LogP contribution >= 0.6 is 0 Å². The third-order valence-corrected chi connectivity index (χ3v) is 5.28. The van der Waals surface area contributed by atoms with E-state index in [0.717, 1.165) is 0 Å². The molecule has 1 aromatic carbocycles. The van der Waals surface area contributed by atoms with Crippen LogP contribution in [0.25, 0.3) is 8.79 Å². The van der Waals surface area contributed by atoms with Gasteiger partial charge in [-0.2, -0.15) is 0 Å². The summed E-state index contributed by atoms with van der Waals surface area (Å²) in [6.45, 7) is 9.20. The summed E-state index contributed by atoms with van der Waals surface area (Å²) in [5, 5.41) is 1.47. The molecular weight excluding hydrogens is 284 g/mol. The molecule has 0 spiro atoms. The van der Waals surface area contributed by atoms with Crippen LogP contribution in [-0.4, -0.2) is 20.4 Å². The minimum atomic E-state index is -0.0401. The van der Waals surface area contributed by atoms with Gasteiger partial charge in [0, 0.05) is 0 Å². The van der Waals surface area contributed by atoms with Crippen LogP contribution in [0.2, 0.25) is 0 Å². The van der Waals surface area contributed by atoms with Gasteiger partial charge < -0.3 is 0 Å². The summed E-state index contributed by atoms with van der Waals surface area (Å²) in [5.41, 5.74) is 3.36. The molecule has 2 rings (SSSR count). The van der Waals surface area contributed by atoms with Crippen molar-refractivity contribution in [3.63, 3.8) is 0 Å². The van der Waals surface area contributed by atoms with Crippen molar-refractivity contribution in [1.29, 1.82) is 0 Å². The van der Waals surface area contributed by atoms with E-state index in [9.17, 15) is 0 Å². The van der Waals surface area contributed by atoms with Crippen molar-refractivity contribution in [3.05, 3.63) is 33.4 Å². The van der Waals surface area contributed by atoms with Crippen LogP contribution in [0.3, 0.4) is 0 Å². The van der Waals surface area contributed by atoms with Crippen LogP contribution in [0.1, 0.15) is 31.9 Å². The molecule has 0 fully saturated rings. The summed E-state index contributed by atoms with van der Waals surface area (Å²) in [6, 6.07) is 6.84. The van der Waals surface area contributed by atoms with E-state index in [1.165, 1.54) is 10.9 Å². The van der Waals surface area contributed by atoms with Crippen molar-refractivity contribution in [3.8, 4) is 0 Å². The molecule has 0 aliphatic rings. The Bertz CT molecular complexity index is 458. The van der Waals surface area contributed by atoms with E-state index in [1.54, 1.807) is 8.97 Å². The van der Waals surface area contributed by atoms with E-state index in [2.05, 4.69) is 50.0 Å². The topological polar surface area (TPSA) is 0 Å². The van der Waals surface area contributed by atoms with Crippen molar-refractivity contribution < 1.29 is 0 Å². The Labute approximate surface area is 95.6 Å². The number of rotatable bonds is 0. The molecular formula is C13H16Te. The predicted octanol–water partition coefficient (Wildman–Crippen LogP) is 3.50. The van der Waals surface area contributed by atoms with E-state index in [1.807, 2.05) is 0 Å². The first-order valence-electron chi connectivity index (χ1n) is 4.97. The van der Waals surface area contributed by atoms with E-state index in [-0.39, 0.29) is 20.4 Å². The monoisotopic (exact) mass is 302 g/mol. The average Bonchev–Trinajstić information content (AvgIpc) is 2.48. The van der Waals surface area contributed by atoms with Crippen molar-refractivity contribution in [2.75, 3.05) is 0 Å². The van der Waals surface area contributed by atoms with Gasteiger partial charge in [-0.3, -0.25) is 0 Å². The van der Waals surface area contributed by atoms with Crippen LogP contribution in [0, 0.1) is 6.92 Å². The number of fused-ring (bicyclic) bond motifs is 1. The summed E-state index contributed by atoms with van der Waals surface area (Å²) < 4.78 is 4.06. The molecule has 0 radical (unpaired) electrons. The molecule has 14 heavy (non-hydrogen) atoms. The molecule has 0 saturated heterocycles. The van der Waals surface area contributed by atoms with Gasteiger partial charge in [0.15, 0.2) is 0 Å².